The van der Waals surface area contributed by atoms with Crippen LogP contribution in [0.4, 0.5) is 0 Å². The van der Waals surface area contributed by atoms with Crippen LogP contribution in [0.15, 0.2) is 11.9 Å². The van der Waals surface area contributed by atoms with Crippen LogP contribution in [0.25, 0.3) is 0 Å². The average Bonchev–Trinajstić information content (AvgIpc) is 1.69. The van der Waals surface area contributed by atoms with E-state index in [2.05, 4.69) is 25.7 Å². The first-order chi connectivity index (χ1) is 3.41. The van der Waals surface area contributed by atoms with Crippen molar-refractivity contribution in [3.05, 3.63) is 11.9 Å². The first-order valence-corrected chi connectivity index (χ1v) is 4.04. The fraction of sp³-hybridized carbons (Fsp3) is 0.667. The van der Waals surface area contributed by atoms with Gasteiger partial charge in [0.25, 0.3) is 0 Å². The average molecular weight is 116 g/mol. The molecule has 0 N–H and O–H groups in total. The molecule has 0 aromatic carbocycles. The Balaban J connectivity index is 2.69. The van der Waals surface area contributed by atoms with Crippen LogP contribution in [-0.4, -0.2) is 6.16 Å². The van der Waals surface area contributed by atoms with Crippen LogP contribution in [0.2, 0.25) is 0 Å². The first-order valence-electron chi connectivity index (χ1n) is 2.76. The van der Waals surface area contributed by atoms with Crippen molar-refractivity contribution < 1.29 is 0 Å². The molecule has 42 valence electrons. The van der Waals surface area contributed by atoms with Crippen LogP contribution in [0.5, 0.6) is 0 Å². The summed E-state index contributed by atoms with van der Waals surface area (Å²) in [6.07, 6.45) is 4.81. The molecule has 0 aliphatic carbocycles. The zero-order chi connectivity index (χ0) is 5.54. The van der Waals surface area contributed by atoms with Gasteiger partial charge in [0, 0.05) is 0 Å². The third-order valence-corrected chi connectivity index (χ3v) is 2.04. The number of hydrogen-bond donors (Lipinski definition) is 0. The zero-order valence-corrected chi connectivity index (χ0v) is 6.07. The molecule has 0 aromatic heterocycles. The molecule has 1 unspecified atom stereocenters. The Morgan fingerprint density at radius 3 is 2.71 bits per heavy atom. The van der Waals surface area contributed by atoms with Gasteiger partial charge >= 0.3 is 0 Å². The smallest absolute Gasteiger partial charge is 0.0321 e. The van der Waals surface area contributed by atoms with Crippen molar-refractivity contribution in [2.45, 2.75) is 20.3 Å². The monoisotopic (exact) mass is 116 g/mol. The molecule has 0 nitrogen and oxygen atoms in total. The second kappa shape index (κ2) is 6.17. The van der Waals surface area contributed by atoms with Gasteiger partial charge in [-0.05, 0) is 13.1 Å². The maximum atomic E-state index is 2.24. The summed E-state index contributed by atoms with van der Waals surface area (Å²) < 4.78 is 0. The third kappa shape index (κ3) is 6.17. The Morgan fingerprint density at radius 2 is 2.29 bits per heavy atom. The summed E-state index contributed by atoms with van der Waals surface area (Å²) in [6, 6.07) is 0. The zero-order valence-electron chi connectivity index (χ0n) is 5.07. The van der Waals surface area contributed by atoms with E-state index < -0.39 is 0 Å². The van der Waals surface area contributed by atoms with Crippen molar-refractivity contribution in [2.24, 2.45) is 0 Å². The topological polar surface area (TPSA) is 0 Å². The molecule has 0 spiro atoms. The van der Waals surface area contributed by atoms with E-state index in [1.165, 1.54) is 12.6 Å². The van der Waals surface area contributed by atoms with Gasteiger partial charge in [-0.25, -0.2) is 0 Å². The molecule has 0 amide bonds. The van der Waals surface area contributed by atoms with Crippen molar-refractivity contribution in [2.75, 3.05) is 6.16 Å². The summed E-state index contributed by atoms with van der Waals surface area (Å²) in [5, 5.41) is 0. The summed E-state index contributed by atoms with van der Waals surface area (Å²) in [6.45, 7) is 4.29. The molecule has 0 rings (SSSR count). The molecular formula is C6H13P. The van der Waals surface area contributed by atoms with E-state index in [1.54, 1.807) is 0 Å². The molecule has 1 atom stereocenters. The van der Waals surface area contributed by atoms with Gasteiger partial charge in [0.05, 0.1) is 0 Å². The molecule has 0 heterocycles. The highest BCUT2D eigenvalue weighted by molar-refractivity contribution is 7.41. The summed E-state index contributed by atoms with van der Waals surface area (Å²) in [7, 11) is 1.05. The molecule has 0 saturated heterocycles. The van der Waals surface area contributed by atoms with Crippen LogP contribution >= 0.6 is 8.58 Å². The fourth-order valence-electron chi connectivity index (χ4n) is 0.346. The number of hydrogen-bond acceptors (Lipinski definition) is 0. The van der Waals surface area contributed by atoms with Crippen LogP contribution in [0, 0.1) is 0 Å². The van der Waals surface area contributed by atoms with Crippen molar-refractivity contribution in [3.63, 3.8) is 0 Å². The lowest BCUT2D eigenvalue weighted by Crippen LogP contribution is -1.62. The lowest BCUT2D eigenvalue weighted by Gasteiger charge is -1.84. The molecule has 0 aromatic rings. The predicted octanol–water partition coefficient (Wildman–Crippen LogP) is 2.61. The minimum Gasteiger partial charge on any atom is -0.0988 e. The highest BCUT2D eigenvalue weighted by Gasteiger charge is 1.72. The van der Waals surface area contributed by atoms with Crippen molar-refractivity contribution >= 4 is 8.58 Å². The van der Waals surface area contributed by atoms with Crippen LogP contribution in [-0.2, 0) is 0 Å². The molecule has 7 heavy (non-hydrogen) atoms. The quantitative estimate of drug-likeness (QED) is 0.392. The van der Waals surface area contributed by atoms with E-state index in [-0.39, 0.29) is 0 Å². The van der Waals surface area contributed by atoms with Crippen molar-refractivity contribution in [1.29, 1.82) is 0 Å². The minimum atomic E-state index is 1.05. The molecule has 0 saturated carbocycles. The summed E-state index contributed by atoms with van der Waals surface area (Å²) in [5.74, 6) is 2.24. The van der Waals surface area contributed by atoms with Gasteiger partial charge in [-0.1, -0.05) is 33.8 Å². The van der Waals surface area contributed by atoms with Gasteiger partial charge in [0.2, 0.25) is 0 Å². The maximum Gasteiger partial charge on any atom is -0.0321 e. The summed E-state index contributed by atoms with van der Waals surface area (Å²) >= 11 is 0. The Bertz CT molecular complexity index is 48.1. The summed E-state index contributed by atoms with van der Waals surface area (Å²) in [5.41, 5.74) is 0. The lowest BCUT2D eigenvalue weighted by molar-refractivity contribution is 1.10. The normalized spacial score (nSPS) is 12.3. The Labute approximate surface area is 47.8 Å². The van der Waals surface area contributed by atoms with Crippen LogP contribution in [0.1, 0.15) is 20.3 Å². The molecule has 1 heteroatoms. The van der Waals surface area contributed by atoms with Crippen LogP contribution in [0.3, 0.4) is 0 Å². The van der Waals surface area contributed by atoms with E-state index in [1.807, 2.05) is 0 Å². The minimum absolute atomic E-state index is 1.05. The second-order valence-corrected chi connectivity index (χ2v) is 2.70. The first kappa shape index (κ1) is 7.17. The van der Waals surface area contributed by atoms with Crippen molar-refractivity contribution in [1.82, 2.24) is 0 Å². The van der Waals surface area contributed by atoms with Crippen LogP contribution < -0.4 is 0 Å². The summed E-state index contributed by atoms with van der Waals surface area (Å²) in [4.78, 5) is 0. The molecule has 0 fully saturated rings. The highest BCUT2D eigenvalue weighted by atomic mass is 31.1. The number of rotatable bonds is 3. The number of allylic oxidation sites excluding steroid dienone is 1. The van der Waals surface area contributed by atoms with E-state index in [9.17, 15) is 0 Å². The van der Waals surface area contributed by atoms with Gasteiger partial charge in [-0.15, -0.1) is 0 Å². The van der Waals surface area contributed by atoms with Crippen molar-refractivity contribution in [3.8, 4) is 0 Å². The highest BCUT2D eigenvalue weighted by Crippen LogP contribution is 2.11. The molecule has 0 radical (unpaired) electrons. The molecule has 0 aliphatic rings. The van der Waals surface area contributed by atoms with Gasteiger partial charge in [0.15, 0.2) is 0 Å². The van der Waals surface area contributed by atoms with Gasteiger partial charge in [-0.3, -0.25) is 0 Å². The Morgan fingerprint density at radius 1 is 1.57 bits per heavy atom. The van der Waals surface area contributed by atoms with E-state index in [4.69, 9.17) is 0 Å². The Hall–Kier alpha value is 0.170. The molecular weight excluding hydrogens is 103 g/mol. The second-order valence-electron chi connectivity index (χ2n) is 1.45. The molecule has 0 bridgehead atoms. The van der Waals surface area contributed by atoms with Gasteiger partial charge < -0.3 is 0 Å². The standard InChI is InChI=1S/C6H13P/c1-3-5-7-6-4-2/h3,5,7H,4,6H2,1-2H3/b5-3-. The van der Waals surface area contributed by atoms with E-state index in [0.29, 0.717) is 0 Å². The van der Waals surface area contributed by atoms with E-state index in [0.717, 1.165) is 8.58 Å². The fourth-order valence-corrected chi connectivity index (χ4v) is 1.04. The van der Waals surface area contributed by atoms with Gasteiger partial charge in [-0.2, -0.15) is 0 Å². The van der Waals surface area contributed by atoms with E-state index >= 15 is 0 Å². The predicted molar refractivity (Wildman–Crippen MR) is 38.3 cm³/mol. The third-order valence-electron chi connectivity index (χ3n) is 0.679. The Kier molecular flexibility index (Phi) is 6.32. The molecule has 0 aliphatic heterocycles. The lowest BCUT2D eigenvalue weighted by atomic mass is 10.6. The van der Waals surface area contributed by atoms with Gasteiger partial charge in [0.1, 0.15) is 0 Å². The maximum absolute atomic E-state index is 2.24. The SMILES string of the molecule is C/C=C\PCCC. The largest absolute Gasteiger partial charge is 0.0988 e.